The lowest BCUT2D eigenvalue weighted by molar-refractivity contribution is -0.122. The van der Waals surface area contributed by atoms with Gasteiger partial charge in [-0.3, -0.25) is 9.59 Å². The van der Waals surface area contributed by atoms with Crippen LogP contribution in [0.3, 0.4) is 0 Å². The van der Waals surface area contributed by atoms with Crippen LogP contribution in [0.2, 0.25) is 0 Å². The van der Waals surface area contributed by atoms with E-state index in [2.05, 4.69) is 10.6 Å². The van der Waals surface area contributed by atoms with Crippen LogP contribution in [0.25, 0.3) is 0 Å². The highest BCUT2D eigenvalue weighted by Crippen LogP contribution is 2.18. The number of sulfonamides is 1. The van der Waals surface area contributed by atoms with Gasteiger partial charge in [0.2, 0.25) is 15.9 Å². The number of carbonyl (C=O) groups is 2. The van der Waals surface area contributed by atoms with Crippen molar-refractivity contribution >= 4 is 21.8 Å². The van der Waals surface area contributed by atoms with Crippen LogP contribution in [-0.4, -0.2) is 74.7 Å². The number of piperazine rings is 2. The van der Waals surface area contributed by atoms with Gasteiger partial charge < -0.3 is 15.5 Å². The van der Waals surface area contributed by atoms with Gasteiger partial charge in [0.25, 0.3) is 5.91 Å². The van der Waals surface area contributed by atoms with E-state index in [9.17, 15) is 18.0 Å². The number of nitrogens with one attached hydrogen (secondary N) is 2. The van der Waals surface area contributed by atoms with Gasteiger partial charge in [0.15, 0.2) is 0 Å². The Bertz CT molecular complexity index is 763. The first-order valence-electron chi connectivity index (χ1n) is 8.28. The molecule has 25 heavy (non-hydrogen) atoms. The molecule has 2 fully saturated rings. The average molecular weight is 366 g/mol. The van der Waals surface area contributed by atoms with E-state index in [-0.39, 0.29) is 35.8 Å². The lowest BCUT2D eigenvalue weighted by atomic mass is 10.1. The molecule has 2 amide bonds. The number of benzene rings is 1. The van der Waals surface area contributed by atoms with Gasteiger partial charge in [-0.15, -0.1) is 0 Å². The fraction of sp³-hybridized carbons (Fsp3) is 0.500. The quantitative estimate of drug-likeness (QED) is 0.733. The highest BCUT2D eigenvalue weighted by molar-refractivity contribution is 7.89. The standard InChI is InChI=1S/C16H22N4O4S/c1-12-10-17-6-9-20(12)16(22)13-2-4-14(5-3-13)25(23,24)19-8-7-18-15(21)11-19/h2-5,12,17H,6-11H2,1H3,(H,18,21). The van der Waals surface area contributed by atoms with Gasteiger partial charge in [-0.1, -0.05) is 0 Å². The van der Waals surface area contributed by atoms with Gasteiger partial charge in [-0.05, 0) is 31.2 Å². The maximum atomic E-state index is 12.6. The predicted molar refractivity (Wildman–Crippen MR) is 91.6 cm³/mol. The van der Waals surface area contributed by atoms with Crippen molar-refractivity contribution in [1.82, 2.24) is 19.8 Å². The van der Waals surface area contributed by atoms with Crippen molar-refractivity contribution in [3.05, 3.63) is 29.8 Å². The minimum absolute atomic E-state index is 0.0899. The molecule has 1 unspecified atom stereocenters. The molecule has 8 nitrogen and oxygen atoms in total. The monoisotopic (exact) mass is 366 g/mol. The molecule has 2 N–H and O–H groups in total. The number of amides is 2. The van der Waals surface area contributed by atoms with Crippen LogP contribution in [-0.2, 0) is 14.8 Å². The van der Waals surface area contributed by atoms with Crippen LogP contribution in [0.5, 0.6) is 0 Å². The molecule has 136 valence electrons. The molecule has 0 aliphatic carbocycles. The lowest BCUT2D eigenvalue weighted by Gasteiger charge is -2.34. The summed E-state index contributed by atoms with van der Waals surface area (Å²) in [5.74, 6) is -0.412. The Morgan fingerprint density at radius 1 is 1.16 bits per heavy atom. The SMILES string of the molecule is CC1CNCCN1C(=O)c1ccc(S(=O)(=O)N2CCNC(=O)C2)cc1. The van der Waals surface area contributed by atoms with Gasteiger partial charge in [-0.2, -0.15) is 4.31 Å². The number of nitrogens with zero attached hydrogens (tertiary/aromatic N) is 2. The van der Waals surface area contributed by atoms with Crippen molar-refractivity contribution in [3.63, 3.8) is 0 Å². The van der Waals surface area contributed by atoms with Gasteiger partial charge in [0.1, 0.15) is 0 Å². The first kappa shape index (κ1) is 17.8. The van der Waals surface area contributed by atoms with Crippen molar-refractivity contribution in [1.29, 1.82) is 0 Å². The molecule has 1 aromatic rings. The minimum Gasteiger partial charge on any atom is -0.354 e. The molecule has 0 radical (unpaired) electrons. The molecule has 2 heterocycles. The zero-order chi connectivity index (χ0) is 18.0. The zero-order valence-corrected chi connectivity index (χ0v) is 14.9. The molecule has 2 saturated heterocycles. The van der Waals surface area contributed by atoms with E-state index < -0.39 is 10.0 Å². The van der Waals surface area contributed by atoms with Gasteiger partial charge in [0, 0.05) is 44.3 Å². The molecule has 0 aromatic heterocycles. The van der Waals surface area contributed by atoms with Crippen molar-refractivity contribution in [3.8, 4) is 0 Å². The van der Waals surface area contributed by atoms with Gasteiger partial charge >= 0.3 is 0 Å². The first-order valence-corrected chi connectivity index (χ1v) is 9.72. The molecule has 0 saturated carbocycles. The second-order valence-corrected chi connectivity index (χ2v) is 8.20. The second-order valence-electron chi connectivity index (χ2n) is 6.26. The normalized spacial score (nSPS) is 22.5. The molecule has 1 atom stereocenters. The van der Waals surface area contributed by atoms with E-state index in [1.807, 2.05) is 6.92 Å². The fourth-order valence-corrected chi connectivity index (χ4v) is 4.44. The lowest BCUT2D eigenvalue weighted by Crippen LogP contribution is -2.52. The number of hydrogen-bond acceptors (Lipinski definition) is 5. The molecule has 0 bridgehead atoms. The van der Waals surface area contributed by atoms with Crippen molar-refractivity contribution < 1.29 is 18.0 Å². The van der Waals surface area contributed by atoms with Crippen LogP contribution in [0.15, 0.2) is 29.2 Å². The van der Waals surface area contributed by atoms with Gasteiger partial charge in [0.05, 0.1) is 11.4 Å². The average Bonchev–Trinajstić information content (AvgIpc) is 2.62. The summed E-state index contributed by atoms with van der Waals surface area (Å²) < 4.78 is 26.4. The molecule has 0 spiro atoms. The van der Waals surface area contributed by atoms with Crippen LogP contribution in [0.4, 0.5) is 0 Å². The molecule has 3 rings (SSSR count). The smallest absolute Gasteiger partial charge is 0.254 e. The summed E-state index contributed by atoms with van der Waals surface area (Å²) in [4.78, 5) is 25.9. The van der Waals surface area contributed by atoms with E-state index in [1.54, 1.807) is 4.90 Å². The van der Waals surface area contributed by atoms with E-state index in [0.717, 1.165) is 17.4 Å². The Kier molecular flexibility index (Phi) is 5.07. The number of hydrogen-bond donors (Lipinski definition) is 2. The topological polar surface area (TPSA) is 98.8 Å². The Labute approximate surface area is 147 Å². The summed E-state index contributed by atoms with van der Waals surface area (Å²) in [6, 6.07) is 6.03. The summed E-state index contributed by atoms with van der Waals surface area (Å²) >= 11 is 0. The summed E-state index contributed by atoms with van der Waals surface area (Å²) in [7, 11) is -3.74. The highest BCUT2D eigenvalue weighted by Gasteiger charge is 2.30. The predicted octanol–water partition coefficient (Wildman–Crippen LogP) is -0.759. The van der Waals surface area contributed by atoms with Crippen molar-refractivity contribution in [2.24, 2.45) is 0 Å². The van der Waals surface area contributed by atoms with E-state index in [1.165, 1.54) is 24.3 Å². The third kappa shape index (κ3) is 3.68. The molecular weight excluding hydrogens is 344 g/mol. The third-order valence-electron chi connectivity index (χ3n) is 4.50. The maximum absolute atomic E-state index is 12.6. The number of carbonyl (C=O) groups excluding carboxylic acids is 2. The van der Waals surface area contributed by atoms with Crippen LogP contribution < -0.4 is 10.6 Å². The molecule has 2 aliphatic rings. The molecule has 2 aliphatic heterocycles. The maximum Gasteiger partial charge on any atom is 0.254 e. The first-order chi connectivity index (χ1) is 11.9. The second kappa shape index (κ2) is 7.11. The van der Waals surface area contributed by atoms with Crippen molar-refractivity contribution in [2.75, 3.05) is 39.3 Å². The fourth-order valence-electron chi connectivity index (χ4n) is 3.05. The minimum atomic E-state index is -3.74. The highest BCUT2D eigenvalue weighted by atomic mass is 32.2. The molecule has 9 heteroatoms. The number of rotatable bonds is 3. The van der Waals surface area contributed by atoms with Gasteiger partial charge in [-0.25, -0.2) is 8.42 Å². The van der Waals surface area contributed by atoms with Crippen molar-refractivity contribution in [2.45, 2.75) is 17.9 Å². The largest absolute Gasteiger partial charge is 0.354 e. The van der Waals surface area contributed by atoms with E-state index in [4.69, 9.17) is 0 Å². The Morgan fingerprint density at radius 3 is 2.52 bits per heavy atom. The Morgan fingerprint density at radius 2 is 1.88 bits per heavy atom. The van der Waals surface area contributed by atoms with Crippen LogP contribution >= 0.6 is 0 Å². The molecular formula is C16H22N4O4S. The summed E-state index contributed by atoms with van der Waals surface area (Å²) in [5.41, 5.74) is 0.462. The van der Waals surface area contributed by atoms with Crippen LogP contribution in [0.1, 0.15) is 17.3 Å². The van der Waals surface area contributed by atoms with E-state index in [0.29, 0.717) is 18.7 Å². The summed E-state index contributed by atoms with van der Waals surface area (Å²) in [6.45, 7) is 4.46. The molecule has 1 aromatic carbocycles. The van der Waals surface area contributed by atoms with E-state index >= 15 is 0 Å². The summed E-state index contributed by atoms with van der Waals surface area (Å²) in [5, 5.41) is 5.83. The third-order valence-corrected chi connectivity index (χ3v) is 6.36. The van der Waals surface area contributed by atoms with Crippen LogP contribution in [0, 0.1) is 0 Å². The zero-order valence-electron chi connectivity index (χ0n) is 14.1. The Hall–Kier alpha value is -1.97. The summed E-state index contributed by atoms with van der Waals surface area (Å²) in [6.07, 6.45) is 0. The Balaban J connectivity index is 1.77.